The average Bonchev–Trinajstić information content (AvgIpc) is 2.98. The third-order valence-corrected chi connectivity index (χ3v) is 3.64. The minimum absolute atomic E-state index is 0.653. The van der Waals surface area contributed by atoms with Crippen LogP contribution < -0.4 is 5.73 Å². The topological polar surface area (TPSA) is 39.2 Å². The monoisotopic (exact) mass is 191 g/mol. The van der Waals surface area contributed by atoms with Gasteiger partial charge in [-0.25, -0.2) is 0 Å². The lowest BCUT2D eigenvalue weighted by Gasteiger charge is -2.19. The maximum atomic E-state index is 5.70. The summed E-state index contributed by atoms with van der Waals surface area (Å²) in [6, 6.07) is 0. The molecule has 0 spiro atoms. The Labute approximate surface area is 84.5 Å². The molecular weight excluding hydrogens is 174 g/mol. The van der Waals surface area contributed by atoms with Crippen LogP contribution in [0.5, 0.6) is 0 Å². The van der Waals surface area contributed by atoms with Gasteiger partial charge in [-0.3, -0.25) is 0 Å². The van der Waals surface area contributed by atoms with Crippen LogP contribution in [0.4, 0.5) is 0 Å². The number of nitrogens with two attached hydrogens (primary N) is 1. The van der Waals surface area contributed by atoms with Gasteiger partial charge in [0.1, 0.15) is 5.76 Å². The SMILES string of the molecule is NCC1CCc2c(C3CC3)coc2C1. The van der Waals surface area contributed by atoms with E-state index in [2.05, 4.69) is 0 Å². The highest BCUT2D eigenvalue weighted by molar-refractivity contribution is 5.35. The van der Waals surface area contributed by atoms with Crippen molar-refractivity contribution in [3.8, 4) is 0 Å². The molecule has 1 fully saturated rings. The lowest BCUT2D eigenvalue weighted by atomic mass is 9.86. The van der Waals surface area contributed by atoms with Gasteiger partial charge in [-0.15, -0.1) is 0 Å². The Morgan fingerprint density at radius 2 is 2.21 bits per heavy atom. The van der Waals surface area contributed by atoms with Gasteiger partial charge in [-0.1, -0.05) is 0 Å². The summed E-state index contributed by atoms with van der Waals surface area (Å²) < 4.78 is 5.66. The Bertz CT molecular complexity index is 338. The Kier molecular flexibility index (Phi) is 1.91. The van der Waals surface area contributed by atoms with E-state index in [1.807, 2.05) is 6.26 Å². The summed E-state index contributed by atoms with van der Waals surface area (Å²) in [6.45, 7) is 0.804. The van der Waals surface area contributed by atoms with E-state index < -0.39 is 0 Å². The first-order valence-corrected chi connectivity index (χ1v) is 5.67. The molecule has 1 atom stereocenters. The quantitative estimate of drug-likeness (QED) is 0.778. The van der Waals surface area contributed by atoms with Gasteiger partial charge in [-0.05, 0) is 55.2 Å². The van der Waals surface area contributed by atoms with E-state index in [0.717, 1.165) is 18.9 Å². The summed E-state index contributed by atoms with van der Waals surface area (Å²) in [5.74, 6) is 2.71. The van der Waals surface area contributed by atoms with Crippen LogP contribution in [0.3, 0.4) is 0 Å². The van der Waals surface area contributed by atoms with Gasteiger partial charge in [0, 0.05) is 6.42 Å². The fourth-order valence-corrected chi connectivity index (χ4v) is 2.54. The van der Waals surface area contributed by atoms with E-state index in [1.165, 1.54) is 42.6 Å². The fourth-order valence-electron chi connectivity index (χ4n) is 2.54. The Morgan fingerprint density at radius 3 is 2.93 bits per heavy atom. The van der Waals surface area contributed by atoms with Crippen LogP contribution in [-0.4, -0.2) is 6.54 Å². The highest BCUT2D eigenvalue weighted by Crippen LogP contribution is 2.44. The summed E-state index contributed by atoms with van der Waals surface area (Å²) in [5.41, 5.74) is 8.73. The molecule has 2 aliphatic rings. The normalized spacial score (nSPS) is 26.2. The van der Waals surface area contributed by atoms with Gasteiger partial charge in [0.25, 0.3) is 0 Å². The third kappa shape index (κ3) is 1.29. The van der Waals surface area contributed by atoms with Crippen molar-refractivity contribution in [2.75, 3.05) is 6.54 Å². The molecule has 2 nitrogen and oxygen atoms in total. The van der Waals surface area contributed by atoms with Gasteiger partial charge < -0.3 is 10.2 Å². The van der Waals surface area contributed by atoms with Crippen LogP contribution in [0.2, 0.25) is 0 Å². The molecule has 0 amide bonds. The molecule has 0 radical (unpaired) electrons. The Balaban J connectivity index is 1.88. The standard InChI is InChI=1S/C12H17NO/c13-6-8-1-4-10-11(9-2-3-9)7-14-12(10)5-8/h7-9H,1-6,13H2. The van der Waals surface area contributed by atoms with Crippen molar-refractivity contribution in [3.63, 3.8) is 0 Å². The van der Waals surface area contributed by atoms with Gasteiger partial charge in [0.05, 0.1) is 6.26 Å². The van der Waals surface area contributed by atoms with Crippen molar-refractivity contribution in [1.29, 1.82) is 0 Å². The Morgan fingerprint density at radius 1 is 1.36 bits per heavy atom. The maximum Gasteiger partial charge on any atom is 0.107 e. The second-order valence-corrected chi connectivity index (χ2v) is 4.71. The van der Waals surface area contributed by atoms with Gasteiger partial charge in [-0.2, -0.15) is 0 Å². The molecule has 0 saturated heterocycles. The molecule has 2 heteroatoms. The molecule has 0 bridgehead atoms. The molecule has 1 saturated carbocycles. The zero-order valence-electron chi connectivity index (χ0n) is 8.46. The number of furan rings is 1. The Hall–Kier alpha value is -0.760. The van der Waals surface area contributed by atoms with Crippen molar-refractivity contribution in [3.05, 3.63) is 23.2 Å². The first-order valence-electron chi connectivity index (χ1n) is 5.67. The first-order chi connectivity index (χ1) is 6.88. The second-order valence-electron chi connectivity index (χ2n) is 4.71. The number of hydrogen-bond acceptors (Lipinski definition) is 2. The predicted molar refractivity (Wildman–Crippen MR) is 55.3 cm³/mol. The van der Waals surface area contributed by atoms with E-state index in [0.29, 0.717) is 5.92 Å². The molecule has 2 N–H and O–H groups in total. The summed E-state index contributed by atoms with van der Waals surface area (Å²) >= 11 is 0. The molecule has 3 rings (SSSR count). The van der Waals surface area contributed by atoms with Gasteiger partial charge >= 0.3 is 0 Å². The molecule has 1 aromatic rings. The third-order valence-electron chi connectivity index (χ3n) is 3.64. The number of hydrogen-bond donors (Lipinski definition) is 1. The molecule has 2 aliphatic carbocycles. The minimum Gasteiger partial charge on any atom is -0.469 e. The number of fused-ring (bicyclic) bond motifs is 1. The highest BCUT2D eigenvalue weighted by Gasteiger charge is 2.31. The summed E-state index contributed by atoms with van der Waals surface area (Å²) in [7, 11) is 0. The van der Waals surface area contributed by atoms with Crippen LogP contribution in [0.1, 0.15) is 42.1 Å². The van der Waals surface area contributed by atoms with Crippen LogP contribution in [0, 0.1) is 5.92 Å². The summed E-state index contributed by atoms with van der Waals surface area (Å²) in [4.78, 5) is 0. The van der Waals surface area contributed by atoms with Crippen LogP contribution in [0.25, 0.3) is 0 Å². The van der Waals surface area contributed by atoms with Crippen LogP contribution in [0.15, 0.2) is 10.7 Å². The first kappa shape index (κ1) is 8.54. The van der Waals surface area contributed by atoms with Gasteiger partial charge in [0.2, 0.25) is 0 Å². The van der Waals surface area contributed by atoms with Crippen LogP contribution in [-0.2, 0) is 12.8 Å². The molecule has 1 unspecified atom stereocenters. The minimum atomic E-state index is 0.653. The summed E-state index contributed by atoms with van der Waals surface area (Å²) in [5, 5.41) is 0. The van der Waals surface area contributed by atoms with E-state index in [-0.39, 0.29) is 0 Å². The molecule has 0 aromatic carbocycles. The lowest BCUT2D eigenvalue weighted by Crippen LogP contribution is -2.21. The predicted octanol–water partition coefficient (Wildman–Crippen LogP) is 2.22. The van der Waals surface area contributed by atoms with Crippen LogP contribution >= 0.6 is 0 Å². The van der Waals surface area contributed by atoms with E-state index in [9.17, 15) is 0 Å². The van der Waals surface area contributed by atoms with Crippen molar-refractivity contribution in [2.24, 2.45) is 11.7 Å². The van der Waals surface area contributed by atoms with E-state index >= 15 is 0 Å². The second kappa shape index (κ2) is 3.13. The van der Waals surface area contributed by atoms with Crippen molar-refractivity contribution >= 4 is 0 Å². The molecule has 1 aromatic heterocycles. The van der Waals surface area contributed by atoms with E-state index in [1.54, 1.807) is 0 Å². The average molecular weight is 191 g/mol. The lowest BCUT2D eigenvalue weighted by molar-refractivity contribution is 0.397. The molecule has 1 heterocycles. The van der Waals surface area contributed by atoms with Crippen molar-refractivity contribution in [1.82, 2.24) is 0 Å². The smallest absolute Gasteiger partial charge is 0.107 e. The molecule has 0 aliphatic heterocycles. The number of rotatable bonds is 2. The van der Waals surface area contributed by atoms with E-state index in [4.69, 9.17) is 10.2 Å². The van der Waals surface area contributed by atoms with Gasteiger partial charge in [0.15, 0.2) is 0 Å². The zero-order valence-corrected chi connectivity index (χ0v) is 8.46. The molecule has 76 valence electrons. The largest absolute Gasteiger partial charge is 0.469 e. The zero-order chi connectivity index (χ0) is 9.54. The molecular formula is C12H17NO. The summed E-state index contributed by atoms with van der Waals surface area (Å²) in [6.07, 6.45) is 8.25. The molecule has 14 heavy (non-hydrogen) atoms. The fraction of sp³-hybridized carbons (Fsp3) is 0.667. The van der Waals surface area contributed by atoms with Crippen molar-refractivity contribution in [2.45, 2.75) is 38.0 Å². The van der Waals surface area contributed by atoms with Crippen molar-refractivity contribution < 1.29 is 4.42 Å². The maximum absolute atomic E-state index is 5.70. The highest BCUT2D eigenvalue weighted by atomic mass is 16.3.